The lowest BCUT2D eigenvalue weighted by Gasteiger charge is -2.08. The van der Waals surface area contributed by atoms with Crippen LogP contribution in [0.25, 0.3) is 21.9 Å². The predicted molar refractivity (Wildman–Crippen MR) is 107 cm³/mol. The fraction of sp³-hybridized carbons (Fsp3) is 0.190. The molecule has 0 saturated heterocycles. The maximum atomic E-state index is 14.2. The maximum Gasteiger partial charge on any atom is 0.412 e. The Kier molecular flexibility index (Phi) is 4.99. The number of aryl methyl sites for hydroxylation is 1. The summed E-state index contributed by atoms with van der Waals surface area (Å²) in [4.78, 5) is 23.5. The molecule has 29 heavy (non-hydrogen) atoms. The molecule has 4 aromatic rings. The summed E-state index contributed by atoms with van der Waals surface area (Å²) in [6.45, 7) is 2.20. The fourth-order valence-electron chi connectivity index (χ4n) is 3.29. The largest absolute Gasteiger partial charge is 0.497 e. The Morgan fingerprint density at radius 1 is 1.14 bits per heavy atom. The molecule has 0 unspecified atom stereocenters. The van der Waals surface area contributed by atoms with Gasteiger partial charge in [0.25, 0.3) is 0 Å². The SMILES string of the molecule is COc1cc(F)c2[nH]c(C)c(CCNC(=O)Oc3ccc4nccnc4c3)c2c1. The molecular weight excluding hydrogens is 375 g/mol. The zero-order chi connectivity index (χ0) is 20.4. The number of hydrogen-bond acceptors (Lipinski definition) is 5. The van der Waals surface area contributed by atoms with Crippen LogP contribution in [0.3, 0.4) is 0 Å². The van der Waals surface area contributed by atoms with E-state index in [-0.39, 0.29) is 5.82 Å². The normalized spacial score (nSPS) is 11.0. The van der Waals surface area contributed by atoms with Gasteiger partial charge >= 0.3 is 6.09 Å². The number of nitrogens with zero attached hydrogens (tertiary/aromatic N) is 2. The number of amides is 1. The summed E-state index contributed by atoms with van der Waals surface area (Å²) in [7, 11) is 1.50. The molecule has 4 rings (SSSR count). The number of rotatable bonds is 5. The summed E-state index contributed by atoms with van der Waals surface area (Å²) >= 11 is 0. The molecule has 2 heterocycles. The fourth-order valence-corrected chi connectivity index (χ4v) is 3.29. The van der Waals surface area contributed by atoms with Crippen LogP contribution in [0.4, 0.5) is 9.18 Å². The first-order valence-electron chi connectivity index (χ1n) is 9.06. The lowest BCUT2D eigenvalue weighted by Crippen LogP contribution is -2.28. The van der Waals surface area contributed by atoms with E-state index in [4.69, 9.17) is 9.47 Å². The highest BCUT2D eigenvalue weighted by Crippen LogP contribution is 2.29. The first-order chi connectivity index (χ1) is 14.0. The second kappa shape index (κ2) is 7.75. The molecule has 0 bridgehead atoms. The van der Waals surface area contributed by atoms with Gasteiger partial charge in [-0.3, -0.25) is 9.97 Å². The molecule has 2 N–H and O–H groups in total. The summed E-state index contributed by atoms with van der Waals surface area (Å²) in [5.41, 5.74) is 3.55. The average molecular weight is 394 g/mol. The number of fused-ring (bicyclic) bond motifs is 2. The molecule has 0 aliphatic rings. The first kappa shape index (κ1) is 18.7. The molecule has 1 amide bonds. The predicted octanol–water partition coefficient (Wildman–Crippen LogP) is 3.90. The zero-order valence-electron chi connectivity index (χ0n) is 16.0. The van der Waals surface area contributed by atoms with Crippen LogP contribution in [0.5, 0.6) is 11.5 Å². The van der Waals surface area contributed by atoms with Crippen LogP contribution in [0, 0.1) is 12.7 Å². The first-order valence-corrected chi connectivity index (χ1v) is 9.06. The van der Waals surface area contributed by atoms with Gasteiger partial charge in [0.15, 0.2) is 5.82 Å². The van der Waals surface area contributed by atoms with Gasteiger partial charge in [0.1, 0.15) is 11.5 Å². The maximum absolute atomic E-state index is 14.2. The second-order valence-corrected chi connectivity index (χ2v) is 6.53. The number of carbonyl (C=O) groups excluding carboxylic acids is 1. The van der Waals surface area contributed by atoms with Gasteiger partial charge in [0, 0.05) is 42.2 Å². The molecule has 2 aromatic heterocycles. The average Bonchev–Trinajstić information content (AvgIpc) is 3.04. The molecule has 148 valence electrons. The number of ether oxygens (including phenoxy) is 2. The van der Waals surface area contributed by atoms with Crippen LogP contribution < -0.4 is 14.8 Å². The van der Waals surface area contributed by atoms with Crippen molar-refractivity contribution in [1.29, 1.82) is 0 Å². The van der Waals surface area contributed by atoms with Crippen molar-refractivity contribution in [2.45, 2.75) is 13.3 Å². The number of methoxy groups -OCH3 is 1. The molecule has 7 nitrogen and oxygen atoms in total. The Bertz CT molecular complexity index is 1210. The summed E-state index contributed by atoms with van der Waals surface area (Å²) in [5, 5.41) is 3.46. The van der Waals surface area contributed by atoms with E-state index < -0.39 is 6.09 Å². The van der Waals surface area contributed by atoms with Crippen LogP contribution in [0.1, 0.15) is 11.3 Å². The third-order valence-corrected chi connectivity index (χ3v) is 4.69. The Morgan fingerprint density at radius 3 is 2.72 bits per heavy atom. The third kappa shape index (κ3) is 3.82. The molecule has 2 aromatic carbocycles. The lowest BCUT2D eigenvalue weighted by atomic mass is 10.1. The van der Waals surface area contributed by atoms with Crippen LogP contribution in [0.15, 0.2) is 42.7 Å². The molecular formula is C21H19FN4O3. The highest BCUT2D eigenvalue weighted by atomic mass is 19.1. The van der Waals surface area contributed by atoms with Crippen molar-refractivity contribution in [2.24, 2.45) is 0 Å². The Balaban J connectivity index is 1.42. The van der Waals surface area contributed by atoms with Crippen molar-refractivity contribution in [2.75, 3.05) is 13.7 Å². The van der Waals surface area contributed by atoms with Crippen molar-refractivity contribution in [3.05, 3.63) is 59.8 Å². The minimum atomic E-state index is -0.575. The van der Waals surface area contributed by atoms with E-state index in [1.54, 1.807) is 36.7 Å². The van der Waals surface area contributed by atoms with E-state index in [1.807, 2.05) is 6.92 Å². The number of carbonyl (C=O) groups is 1. The Morgan fingerprint density at radius 2 is 1.93 bits per heavy atom. The van der Waals surface area contributed by atoms with Gasteiger partial charge in [0.2, 0.25) is 0 Å². The van der Waals surface area contributed by atoms with Gasteiger partial charge in [-0.25, -0.2) is 9.18 Å². The third-order valence-electron chi connectivity index (χ3n) is 4.69. The van der Waals surface area contributed by atoms with Crippen LogP contribution in [-0.4, -0.2) is 34.7 Å². The molecule has 0 radical (unpaired) electrons. The van der Waals surface area contributed by atoms with E-state index in [0.29, 0.717) is 35.5 Å². The quantitative estimate of drug-likeness (QED) is 0.536. The summed E-state index contributed by atoms with van der Waals surface area (Å²) < 4.78 is 24.7. The number of H-pyrrole nitrogens is 1. The zero-order valence-corrected chi connectivity index (χ0v) is 16.0. The number of hydrogen-bond donors (Lipinski definition) is 2. The topological polar surface area (TPSA) is 89.1 Å². The molecule has 0 aliphatic heterocycles. The van der Waals surface area contributed by atoms with Crippen LogP contribution in [-0.2, 0) is 6.42 Å². The molecule has 0 spiro atoms. The van der Waals surface area contributed by atoms with Gasteiger partial charge in [0.05, 0.1) is 23.7 Å². The molecule has 0 fully saturated rings. The summed E-state index contributed by atoms with van der Waals surface area (Å²) in [6, 6.07) is 8.18. The van der Waals surface area contributed by atoms with Gasteiger partial charge in [-0.15, -0.1) is 0 Å². The van der Waals surface area contributed by atoms with E-state index >= 15 is 0 Å². The molecule has 0 atom stereocenters. The second-order valence-electron chi connectivity index (χ2n) is 6.53. The Hall–Kier alpha value is -3.68. The minimum Gasteiger partial charge on any atom is -0.497 e. The minimum absolute atomic E-state index is 0.332. The van der Waals surface area contributed by atoms with E-state index in [2.05, 4.69) is 20.3 Å². The number of halogens is 1. The van der Waals surface area contributed by atoms with Crippen molar-refractivity contribution in [3.8, 4) is 11.5 Å². The number of benzene rings is 2. The molecule has 0 saturated carbocycles. The van der Waals surface area contributed by atoms with Crippen LogP contribution in [0.2, 0.25) is 0 Å². The van der Waals surface area contributed by atoms with E-state index in [1.165, 1.54) is 13.2 Å². The van der Waals surface area contributed by atoms with Gasteiger partial charge < -0.3 is 19.8 Å². The number of nitrogens with one attached hydrogen (secondary N) is 2. The van der Waals surface area contributed by atoms with Crippen LogP contribution >= 0.6 is 0 Å². The highest BCUT2D eigenvalue weighted by molar-refractivity contribution is 5.86. The summed E-state index contributed by atoms with van der Waals surface area (Å²) in [6.07, 6.45) is 3.11. The van der Waals surface area contributed by atoms with Crippen molar-refractivity contribution in [1.82, 2.24) is 20.3 Å². The van der Waals surface area contributed by atoms with E-state index in [0.717, 1.165) is 22.2 Å². The Labute approximate surface area is 165 Å². The van der Waals surface area contributed by atoms with Gasteiger partial charge in [-0.1, -0.05) is 0 Å². The van der Waals surface area contributed by atoms with E-state index in [9.17, 15) is 9.18 Å². The van der Waals surface area contributed by atoms with Crippen molar-refractivity contribution < 1.29 is 18.7 Å². The molecule has 8 heteroatoms. The standard InChI is InChI=1S/C21H19FN4O3/c1-12-15(16-9-14(28-2)10-17(22)20(16)26-12)5-6-25-21(27)29-13-3-4-18-19(11-13)24-8-7-23-18/h3-4,7-11,26H,5-6H2,1-2H3,(H,25,27). The number of aromatic amines is 1. The highest BCUT2D eigenvalue weighted by Gasteiger charge is 2.14. The lowest BCUT2D eigenvalue weighted by molar-refractivity contribution is 0.200. The number of aromatic nitrogens is 3. The monoisotopic (exact) mass is 394 g/mol. The van der Waals surface area contributed by atoms with Crippen molar-refractivity contribution in [3.63, 3.8) is 0 Å². The summed E-state index contributed by atoms with van der Waals surface area (Å²) in [5.74, 6) is 0.452. The van der Waals surface area contributed by atoms with Crippen molar-refractivity contribution >= 4 is 28.0 Å². The van der Waals surface area contributed by atoms with Gasteiger partial charge in [-0.05, 0) is 37.1 Å². The molecule has 0 aliphatic carbocycles. The van der Waals surface area contributed by atoms with Gasteiger partial charge in [-0.2, -0.15) is 0 Å². The smallest absolute Gasteiger partial charge is 0.412 e.